The van der Waals surface area contributed by atoms with E-state index in [4.69, 9.17) is 5.21 Å². The predicted molar refractivity (Wildman–Crippen MR) is 117 cm³/mol. The molecular formula is C22H25N7O2. The molecule has 3 N–H and O–H groups in total. The Morgan fingerprint density at radius 3 is 2.71 bits per heavy atom. The van der Waals surface area contributed by atoms with E-state index in [0.717, 1.165) is 54.6 Å². The van der Waals surface area contributed by atoms with E-state index in [1.54, 1.807) is 11.7 Å². The molecule has 31 heavy (non-hydrogen) atoms. The zero-order valence-corrected chi connectivity index (χ0v) is 17.1. The van der Waals surface area contributed by atoms with Crippen LogP contribution in [0.1, 0.15) is 32.1 Å². The van der Waals surface area contributed by atoms with Gasteiger partial charge in [-0.05, 0) is 31.0 Å². The lowest BCUT2D eigenvalue weighted by Gasteiger charge is -2.06. The molecule has 3 aromatic heterocycles. The topological polar surface area (TPSA) is 110 Å². The summed E-state index contributed by atoms with van der Waals surface area (Å²) in [7, 11) is 0. The van der Waals surface area contributed by atoms with E-state index in [0.29, 0.717) is 12.4 Å². The number of hydrogen-bond donors (Lipinski definition) is 3. The Morgan fingerprint density at radius 1 is 1.03 bits per heavy atom. The number of nitrogens with zero attached hydrogens (tertiary/aromatic N) is 5. The molecular weight excluding hydrogens is 394 g/mol. The molecule has 3 heterocycles. The molecule has 4 aromatic rings. The molecule has 1 aromatic carbocycles. The van der Waals surface area contributed by atoms with Gasteiger partial charge >= 0.3 is 0 Å². The van der Waals surface area contributed by atoms with Crippen LogP contribution in [0.15, 0.2) is 61.2 Å². The minimum Gasteiger partial charge on any atom is -0.321 e. The second kappa shape index (κ2) is 9.86. The van der Waals surface area contributed by atoms with Gasteiger partial charge in [-0.1, -0.05) is 31.0 Å². The maximum atomic E-state index is 11.0. The van der Waals surface area contributed by atoms with Gasteiger partial charge in [0.05, 0.1) is 11.9 Å². The first-order chi connectivity index (χ1) is 15.2. The normalized spacial score (nSPS) is 11.0. The van der Waals surface area contributed by atoms with Crippen LogP contribution in [-0.4, -0.2) is 35.4 Å². The lowest BCUT2D eigenvalue weighted by atomic mass is 10.1. The van der Waals surface area contributed by atoms with Gasteiger partial charge in [-0.2, -0.15) is 10.1 Å². The Bertz CT molecular complexity index is 1140. The van der Waals surface area contributed by atoms with Crippen LogP contribution in [-0.2, 0) is 11.3 Å². The maximum absolute atomic E-state index is 11.0. The van der Waals surface area contributed by atoms with Crippen molar-refractivity contribution < 1.29 is 10.0 Å². The van der Waals surface area contributed by atoms with Crippen molar-refractivity contribution in [2.75, 3.05) is 5.32 Å². The number of para-hydroxylation sites is 1. The number of nitrogens with one attached hydrogen (secondary N) is 2. The molecule has 0 aliphatic rings. The van der Waals surface area contributed by atoms with Crippen molar-refractivity contribution in [3.8, 4) is 5.69 Å². The molecule has 0 atom stereocenters. The number of unbranched alkanes of at least 4 members (excludes halogenated alkanes) is 3. The van der Waals surface area contributed by atoms with Gasteiger partial charge < -0.3 is 9.88 Å². The fraction of sp³-hybridized carbons (Fsp3) is 0.273. The Hall–Kier alpha value is -3.72. The number of anilines is 2. The van der Waals surface area contributed by atoms with E-state index in [9.17, 15) is 4.79 Å². The second-order valence-corrected chi connectivity index (χ2v) is 7.31. The van der Waals surface area contributed by atoms with Gasteiger partial charge in [0.15, 0.2) is 0 Å². The first-order valence-corrected chi connectivity index (χ1v) is 10.3. The van der Waals surface area contributed by atoms with Crippen LogP contribution in [0.3, 0.4) is 0 Å². The standard InChI is InChI=1S/C22H25N7O2/c30-20(27-31)10-6-1-2-7-12-28-16-18(15-24-28)25-22-23-14-17-11-13-29(21(17)26-22)19-8-4-3-5-9-19/h3-5,8-9,11,13-16,31H,1-2,6-7,10,12H2,(H,27,30)(H,23,25,26). The molecule has 9 nitrogen and oxygen atoms in total. The molecule has 0 bridgehead atoms. The van der Waals surface area contributed by atoms with Crippen molar-refractivity contribution >= 4 is 28.6 Å². The van der Waals surface area contributed by atoms with Gasteiger partial charge in [0.1, 0.15) is 5.65 Å². The van der Waals surface area contributed by atoms with Crippen molar-refractivity contribution in [1.82, 2.24) is 29.8 Å². The Labute approximate surface area is 179 Å². The SMILES string of the molecule is O=C(CCCCCCn1cc(Nc2ncc3ccn(-c4ccccc4)c3n2)cn1)NO. The average molecular weight is 419 g/mol. The number of fused-ring (bicyclic) bond motifs is 1. The van der Waals surface area contributed by atoms with Crippen LogP contribution in [0, 0.1) is 0 Å². The highest BCUT2D eigenvalue weighted by Crippen LogP contribution is 2.20. The summed E-state index contributed by atoms with van der Waals surface area (Å²) in [6.45, 7) is 0.796. The van der Waals surface area contributed by atoms with Gasteiger partial charge in [-0.25, -0.2) is 10.5 Å². The quantitative estimate of drug-likeness (QED) is 0.205. The van der Waals surface area contributed by atoms with Crippen molar-refractivity contribution in [3.05, 3.63) is 61.2 Å². The summed E-state index contributed by atoms with van der Waals surface area (Å²) in [6, 6.07) is 12.1. The summed E-state index contributed by atoms with van der Waals surface area (Å²) in [5.41, 5.74) is 4.37. The van der Waals surface area contributed by atoms with E-state index in [1.165, 1.54) is 0 Å². The van der Waals surface area contributed by atoms with E-state index in [-0.39, 0.29) is 5.91 Å². The van der Waals surface area contributed by atoms with Crippen LogP contribution in [0.25, 0.3) is 16.7 Å². The summed E-state index contributed by atoms with van der Waals surface area (Å²) < 4.78 is 3.92. The molecule has 0 radical (unpaired) electrons. The zero-order valence-electron chi connectivity index (χ0n) is 17.1. The molecule has 0 aliphatic carbocycles. The lowest BCUT2D eigenvalue weighted by Crippen LogP contribution is -2.17. The summed E-state index contributed by atoms with van der Waals surface area (Å²) in [5.74, 6) is 0.185. The van der Waals surface area contributed by atoms with Gasteiger partial charge in [0.2, 0.25) is 11.9 Å². The smallest absolute Gasteiger partial charge is 0.243 e. The molecule has 0 fully saturated rings. The number of amides is 1. The number of carbonyl (C=O) groups excluding carboxylic acids is 1. The molecule has 0 spiro atoms. The minimum atomic E-state index is -0.334. The van der Waals surface area contributed by atoms with Crippen molar-refractivity contribution in [3.63, 3.8) is 0 Å². The Balaban J connectivity index is 1.34. The average Bonchev–Trinajstić information content (AvgIpc) is 3.43. The number of benzene rings is 1. The number of rotatable bonds is 10. The largest absolute Gasteiger partial charge is 0.321 e. The fourth-order valence-corrected chi connectivity index (χ4v) is 3.42. The highest BCUT2D eigenvalue weighted by Gasteiger charge is 2.08. The lowest BCUT2D eigenvalue weighted by molar-refractivity contribution is -0.129. The molecule has 160 valence electrons. The highest BCUT2D eigenvalue weighted by molar-refractivity contribution is 5.78. The van der Waals surface area contributed by atoms with Gasteiger partial charge in [-0.3, -0.25) is 14.7 Å². The van der Waals surface area contributed by atoms with Crippen LogP contribution < -0.4 is 10.8 Å². The molecule has 4 rings (SSSR count). The summed E-state index contributed by atoms with van der Waals surface area (Å²) in [4.78, 5) is 20.1. The predicted octanol–water partition coefficient (Wildman–Crippen LogP) is 3.82. The van der Waals surface area contributed by atoms with Crippen LogP contribution >= 0.6 is 0 Å². The second-order valence-electron chi connectivity index (χ2n) is 7.31. The van der Waals surface area contributed by atoms with E-state index in [1.807, 2.05) is 64.2 Å². The molecule has 0 aliphatic heterocycles. The third kappa shape index (κ3) is 5.26. The van der Waals surface area contributed by atoms with Crippen LogP contribution in [0.4, 0.5) is 11.6 Å². The number of carbonyl (C=O) groups is 1. The number of hydroxylamine groups is 1. The molecule has 0 saturated heterocycles. The molecule has 0 unspecified atom stereocenters. The molecule has 1 amide bonds. The third-order valence-corrected chi connectivity index (χ3v) is 5.02. The zero-order chi connectivity index (χ0) is 21.5. The van der Waals surface area contributed by atoms with E-state index in [2.05, 4.69) is 20.4 Å². The minimum absolute atomic E-state index is 0.334. The van der Waals surface area contributed by atoms with E-state index >= 15 is 0 Å². The van der Waals surface area contributed by atoms with Gasteiger partial charge in [0.25, 0.3) is 0 Å². The number of aromatic nitrogens is 5. The first kappa shape index (κ1) is 20.5. The highest BCUT2D eigenvalue weighted by atomic mass is 16.5. The van der Waals surface area contributed by atoms with Crippen molar-refractivity contribution in [2.45, 2.75) is 38.6 Å². The van der Waals surface area contributed by atoms with Crippen molar-refractivity contribution in [2.24, 2.45) is 0 Å². The fourth-order valence-electron chi connectivity index (χ4n) is 3.42. The monoisotopic (exact) mass is 419 g/mol. The van der Waals surface area contributed by atoms with Gasteiger partial charge in [-0.15, -0.1) is 0 Å². The summed E-state index contributed by atoms with van der Waals surface area (Å²) >= 11 is 0. The Kier molecular flexibility index (Phi) is 6.53. The maximum Gasteiger partial charge on any atom is 0.243 e. The summed E-state index contributed by atoms with van der Waals surface area (Å²) in [5, 5.41) is 17.1. The van der Waals surface area contributed by atoms with Crippen molar-refractivity contribution in [1.29, 1.82) is 0 Å². The molecule has 0 saturated carbocycles. The van der Waals surface area contributed by atoms with Crippen LogP contribution in [0.5, 0.6) is 0 Å². The van der Waals surface area contributed by atoms with E-state index < -0.39 is 0 Å². The third-order valence-electron chi connectivity index (χ3n) is 5.02. The first-order valence-electron chi connectivity index (χ1n) is 10.3. The molecule has 9 heteroatoms. The number of aryl methyl sites for hydroxylation is 1. The number of hydrogen-bond acceptors (Lipinski definition) is 6. The van der Waals surface area contributed by atoms with Crippen LogP contribution in [0.2, 0.25) is 0 Å². The Morgan fingerprint density at radius 2 is 1.87 bits per heavy atom. The summed E-state index contributed by atoms with van der Waals surface area (Å²) in [6.07, 6.45) is 11.5. The van der Waals surface area contributed by atoms with Gasteiger partial charge in [0, 0.05) is 42.6 Å².